The summed E-state index contributed by atoms with van der Waals surface area (Å²) in [6.45, 7) is 2.84. The molecule has 15 heavy (non-hydrogen) atoms. The highest BCUT2D eigenvalue weighted by molar-refractivity contribution is 6.00. The van der Waals surface area contributed by atoms with Gasteiger partial charge in [-0.3, -0.25) is 14.4 Å². The van der Waals surface area contributed by atoms with E-state index in [0.717, 1.165) is 12.8 Å². The first-order valence-corrected chi connectivity index (χ1v) is 5.18. The number of hydrogen-bond donors (Lipinski definition) is 1. The minimum absolute atomic E-state index is 0.0965. The molecule has 0 aromatic heterocycles. The number of carboxylic acids is 1. The summed E-state index contributed by atoms with van der Waals surface area (Å²) in [5.41, 5.74) is 0. The molecule has 0 aliphatic carbocycles. The van der Waals surface area contributed by atoms with Crippen molar-refractivity contribution in [3.05, 3.63) is 0 Å². The van der Waals surface area contributed by atoms with Crippen molar-refractivity contribution in [3.63, 3.8) is 0 Å². The molecule has 0 unspecified atom stereocenters. The molecular formula is C11H18O4. The van der Waals surface area contributed by atoms with Crippen molar-refractivity contribution in [3.8, 4) is 0 Å². The number of carbonyl (C=O) groups excluding carboxylic acids is 2. The number of ketones is 2. The maximum absolute atomic E-state index is 11.0. The van der Waals surface area contributed by atoms with E-state index in [1.165, 1.54) is 13.8 Å². The molecule has 0 aromatic carbocycles. The van der Waals surface area contributed by atoms with Gasteiger partial charge in [-0.1, -0.05) is 12.8 Å². The van der Waals surface area contributed by atoms with E-state index >= 15 is 0 Å². The molecule has 0 spiro atoms. The van der Waals surface area contributed by atoms with Crippen LogP contribution in [0.15, 0.2) is 0 Å². The van der Waals surface area contributed by atoms with Crippen LogP contribution in [0.4, 0.5) is 0 Å². The second kappa shape index (κ2) is 7.15. The average molecular weight is 214 g/mol. The van der Waals surface area contributed by atoms with Gasteiger partial charge in [-0.15, -0.1) is 0 Å². The number of rotatable bonds is 8. The molecule has 1 N–H and O–H groups in total. The van der Waals surface area contributed by atoms with Crippen LogP contribution in [0.3, 0.4) is 0 Å². The first-order valence-electron chi connectivity index (χ1n) is 5.18. The average Bonchev–Trinajstić information content (AvgIpc) is 2.08. The van der Waals surface area contributed by atoms with Gasteiger partial charge in [0, 0.05) is 6.42 Å². The van der Waals surface area contributed by atoms with E-state index in [9.17, 15) is 14.4 Å². The molecule has 0 amide bonds. The summed E-state index contributed by atoms with van der Waals surface area (Å²) in [6.07, 6.45) is 2.80. The zero-order valence-corrected chi connectivity index (χ0v) is 9.28. The number of hydrogen-bond acceptors (Lipinski definition) is 3. The Bertz CT molecular complexity index is 231. The van der Waals surface area contributed by atoms with Crippen molar-refractivity contribution in [2.45, 2.75) is 46.0 Å². The second-order valence-electron chi connectivity index (χ2n) is 3.77. The highest BCUT2D eigenvalue weighted by Crippen LogP contribution is 2.13. The molecule has 0 rings (SSSR count). The van der Waals surface area contributed by atoms with Crippen LogP contribution in [-0.2, 0) is 14.4 Å². The van der Waals surface area contributed by atoms with Gasteiger partial charge in [0.25, 0.3) is 0 Å². The maximum Gasteiger partial charge on any atom is 0.303 e. The standard InChI is InChI=1S/C11H18O4/c1-8(12)10(9(2)13)6-4-3-5-7-11(14)15/h10H,3-7H2,1-2H3,(H,14,15). The van der Waals surface area contributed by atoms with Gasteiger partial charge >= 0.3 is 5.97 Å². The molecule has 4 heteroatoms. The Balaban J connectivity index is 3.68. The van der Waals surface area contributed by atoms with E-state index in [1.807, 2.05) is 0 Å². The largest absolute Gasteiger partial charge is 0.481 e. The topological polar surface area (TPSA) is 71.4 Å². The monoisotopic (exact) mass is 214 g/mol. The molecule has 0 aliphatic heterocycles. The molecule has 0 atom stereocenters. The van der Waals surface area contributed by atoms with Crippen molar-refractivity contribution in [1.29, 1.82) is 0 Å². The molecule has 0 saturated carbocycles. The Morgan fingerprint density at radius 2 is 1.53 bits per heavy atom. The summed E-state index contributed by atoms with van der Waals surface area (Å²) in [5, 5.41) is 8.39. The Morgan fingerprint density at radius 3 is 1.93 bits per heavy atom. The fraction of sp³-hybridized carbons (Fsp3) is 0.727. The number of carbonyl (C=O) groups is 3. The minimum atomic E-state index is -0.801. The smallest absolute Gasteiger partial charge is 0.303 e. The predicted molar refractivity (Wildman–Crippen MR) is 55.6 cm³/mol. The van der Waals surface area contributed by atoms with Crippen LogP contribution in [0.5, 0.6) is 0 Å². The SMILES string of the molecule is CC(=O)C(CCCCCC(=O)O)C(C)=O. The van der Waals surface area contributed by atoms with Gasteiger partial charge in [-0.25, -0.2) is 0 Å². The third-order valence-corrected chi connectivity index (χ3v) is 2.36. The van der Waals surface area contributed by atoms with Crippen molar-refractivity contribution >= 4 is 17.5 Å². The predicted octanol–water partition coefficient (Wildman–Crippen LogP) is 1.82. The van der Waals surface area contributed by atoms with Gasteiger partial charge < -0.3 is 5.11 Å². The zero-order valence-electron chi connectivity index (χ0n) is 9.28. The van der Waals surface area contributed by atoms with E-state index in [4.69, 9.17) is 5.11 Å². The molecule has 0 radical (unpaired) electrons. The van der Waals surface area contributed by atoms with Crippen LogP contribution in [0, 0.1) is 5.92 Å². The molecule has 0 aliphatic rings. The lowest BCUT2D eigenvalue weighted by molar-refractivity contribution is -0.137. The van der Waals surface area contributed by atoms with Crippen LogP contribution < -0.4 is 0 Å². The molecule has 0 heterocycles. The summed E-state index contributed by atoms with van der Waals surface area (Å²) < 4.78 is 0. The van der Waals surface area contributed by atoms with E-state index in [2.05, 4.69) is 0 Å². The Kier molecular flexibility index (Phi) is 6.58. The number of unbranched alkanes of at least 4 members (excludes halogenated alkanes) is 2. The fourth-order valence-corrected chi connectivity index (χ4v) is 1.49. The van der Waals surface area contributed by atoms with Gasteiger partial charge in [0.1, 0.15) is 11.6 Å². The Hall–Kier alpha value is -1.19. The molecular weight excluding hydrogens is 196 g/mol. The van der Waals surface area contributed by atoms with Gasteiger partial charge in [0.2, 0.25) is 0 Å². The van der Waals surface area contributed by atoms with Crippen LogP contribution in [0.1, 0.15) is 46.0 Å². The molecule has 86 valence electrons. The van der Waals surface area contributed by atoms with Crippen LogP contribution in [0.25, 0.3) is 0 Å². The minimum Gasteiger partial charge on any atom is -0.481 e. The van der Waals surface area contributed by atoms with Gasteiger partial charge in [-0.05, 0) is 26.7 Å². The third-order valence-electron chi connectivity index (χ3n) is 2.36. The summed E-state index contributed by atoms with van der Waals surface area (Å²) in [4.78, 5) is 32.3. The number of Topliss-reactive ketones (excluding diaryl/α,β-unsaturated/α-hetero) is 2. The van der Waals surface area contributed by atoms with Crippen molar-refractivity contribution in [2.75, 3.05) is 0 Å². The molecule has 0 saturated heterocycles. The molecule has 0 aromatic rings. The first kappa shape index (κ1) is 13.8. The van der Waals surface area contributed by atoms with E-state index in [-0.39, 0.29) is 18.0 Å². The van der Waals surface area contributed by atoms with Crippen molar-refractivity contribution in [1.82, 2.24) is 0 Å². The van der Waals surface area contributed by atoms with Gasteiger partial charge in [0.05, 0.1) is 5.92 Å². The zero-order chi connectivity index (χ0) is 11.8. The van der Waals surface area contributed by atoms with E-state index in [0.29, 0.717) is 12.8 Å². The Morgan fingerprint density at radius 1 is 1.00 bits per heavy atom. The first-order chi connectivity index (χ1) is 6.95. The van der Waals surface area contributed by atoms with E-state index in [1.54, 1.807) is 0 Å². The second-order valence-corrected chi connectivity index (χ2v) is 3.77. The number of carboxylic acid groups (broad SMARTS) is 1. The number of aliphatic carboxylic acids is 1. The van der Waals surface area contributed by atoms with E-state index < -0.39 is 11.9 Å². The molecule has 0 fully saturated rings. The van der Waals surface area contributed by atoms with Crippen LogP contribution >= 0.6 is 0 Å². The van der Waals surface area contributed by atoms with Gasteiger partial charge in [-0.2, -0.15) is 0 Å². The summed E-state index contributed by atoms with van der Waals surface area (Å²) in [6, 6.07) is 0. The highest BCUT2D eigenvalue weighted by Gasteiger charge is 2.18. The highest BCUT2D eigenvalue weighted by atomic mass is 16.4. The van der Waals surface area contributed by atoms with Crippen molar-refractivity contribution < 1.29 is 19.5 Å². The van der Waals surface area contributed by atoms with Crippen molar-refractivity contribution in [2.24, 2.45) is 5.92 Å². The quantitative estimate of drug-likeness (QED) is 0.494. The van der Waals surface area contributed by atoms with Gasteiger partial charge in [0.15, 0.2) is 0 Å². The molecule has 4 nitrogen and oxygen atoms in total. The molecule has 0 bridgehead atoms. The lowest BCUT2D eigenvalue weighted by Gasteiger charge is -2.08. The summed E-state index contributed by atoms with van der Waals surface area (Å²) in [5.74, 6) is -1.49. The summed E-state index contributed by atoms with van der Waals surface area (Å²) >= 11 is 0. The lowest BCUT2D eigenvalue weighted by Crippen LogP contribution is -2.19. The fourth-order valence-electron chi connectivity index (χ4n) is 1.49. The summed E-state index contributed by atoms with van der Waals surface area (Å²) in [7, 11) is 0. The Labute approximate surface area is 89.7 Å². The maximum atomic E-state index is 11.0. The normalized spacial score (nSPS) is 10.3. The third kappa shape index (κ3) is 6.82. The van der Waals surface area contributed by atoms with Crippen LogP contribution in [-0.4, -0.2) is 22.6 Å². The van der Waals surface area contributed by atoms with Crippen LogP contribution in [0.2, 0.25) is 0 Å². The lowest BCUT2D eigenvalue weighted by atomic mass is 9.94.